The molecule has 22 heavy (non-hydrogen) atoms. The lowest BCUT2D eigenvalue weighted by molar-refractivity contribution is -0.0175. The summed E-state index contributed by atoms with van der Waals surface area (Å²) in [4.78, 5) is 18.5. The summed E-state index contributed by atoms with van der Waals surface area (Å²) in [5.41, 5.74) is 2.12. The Balaban J connectivity index is 1.65. The van der Waals surface area contributed by atoms with Crippen LogP contribution in [0.2, 0.25) is 0 Å². The molecule has 2 aromatic heterocycles. The number of aromatic nitrogens is 3. The molecule has 0 radical (unpaired) electrons. The van der Waals surface area contributed by atoms with E-state index in [0.29, 0.717) is 18.8 Å². The number of carbonyl (C=O) groups is 1. The van der Waals surface area contributed by atoms with Crippen LogP contribution in [0.25, 0.3) is 11.1 Å². The molecule has 0 bridgehead atoms. The summed E-state index contributed by atoms with van der Waals surface area (Å²) < 4.78 is 5.64. The van der Waals surface area contributed by atoms with Crippen molar-refractivity contribution >= 4 is 5.91 Å². The fourth-order valence-corrected chi connectivity index (χ4v) is 2.49. The van der Waals surface area contributed by atoms with Crippen LogP contribution >= 0.6 is 0 Å². The number of amides is 1. The molecule has 2 N–H and O–H groups in total. The number of nitrogens with zero attached hydrogens (tertiary/aromatic N) is 3. The van der Waals surface area contributed by atoms with Gasteiger partial charge in [-0.15, -0.1) is 0 Å². The Bertz CT molecular complexity index is 628. The summed E-state index contributed by atoms with van der Waals surface area (Å²) in [6.45, 7) is 2.93. The monoisotopic (exact) mass is 301 g/mol. The number of H-pyrrole nitrogens is 1. The van der Waals surface area contributed by atoms with Crippen LogP contribution in [0.4, 0.5) is 0 Å². The van der Waals surface area contributed by atoms with Gasteiger partial charge in [-0.2, -0.15) is 5.10 Å². The second-order valence-electron chi connectivity index (χ2n) is 5.36. The van der Waals surface area contributed by atoms with Gasteiger partial charge in [0.15, 0.2) is 0 Å². The first-order valence-electron chi connectivity index (χ1n) is 7.26. The van der Waals surface area contributed by atoms with Crippen molar-refractivity contribution in [3.63, 3.8) is 0 Å². The predicted molar refractivity (Wildman–Crippen MR) is 81.4 cm³/mol. The van der Waals surface area contributed by atoms with Gasteiger partial charge in [-0.1, -0.05) is 0 Å². The molecule has 7 nitrogen and oxygen atoms in total. The Kier molecular flexibility index (Phi) is 4.45. The minimum Gasteiger partial charge on any atom is -0.374 e. The van der Waals surface area contributed by atoms with E-state index in [1.807, 2.05) is 19.2 Å². The third-order valence-electron chi connectivity index (χ3n) is 3.69. The molecule has 3 rings (SSSR count). The normalized spacial score (nSPS) is 19.0. The average Bonchev–Trinajstić information content (AvgIpc) is 3.03. The van der Waals surface area contributed by atoms with Crippen molar-refractivity contribution in [2.75, 3.05) is 33.3 Å². The Labute approximate surface area is 128 Å². The molecule has 3 heterocycles. The number of likely N-dealkylation sites (N-methyl/N-ethyl adjacent to an activating group) is 1. The Hall–Kier alpha value is -2.25. The number of hydrogen-bond acceptors (Lipinski definition) is 5. The predicted octanol–water partition coefficient (Wildman–Crippen LogP) is 0.532. The fourth-order valence-electron chi connectivity index (χ4n) is 2.49. The molecule has 0 saturated carbocycles. The molecule has 1 atom stereocenters. The Morgan fingerprint density at radius 1 is 1.50 bits per heavy atom. The molecule has 2 aromatic rings. The molecule has 0 aliphatic carbocycles. The van der Waals surface area contributed by atoms with E-state index < -0.39 is 0 Å². The van der Waals surface area contributed by atoms with Gasteiger partial charge >= 0.3 is 0 Å². The van der Waals surface area contributed by atoms with Crippen molar-refractivity contribution < 1.29 is 9.53 Å². The van der Waals surface area contributed by atoms with Crippen molar-refractivity contribution in [2.45, 2.75) is 6.10 Å². The van der Waals surface area contributed by atoms with Gasteiger partial charge in [-0.05, 0) is 24.7 Å². The maximum absolute atomic E-state index is 12.4. The van der Waals surface area contributed by atoms with Crippen LogP contribution in [-0.2, 0) is 4.74 Å². The lowest BCUT2D eigenvalue weighted by atomic mass is 10.1. The fraction of sp³-hybridized carbons (Fsp3) is 0.400. The SMILES string of the molecule is CN1CCOC(CNC(=O)c2[nH]ncc2-c2ccncc2)C1. The van der Waals surface area contributed by atoms with Crippen molar-refractivity contribution in [1.29, 1.82) is 0 Å². The van der Waals surface area contributed by atoms with Crippen molar-refractivity contribution in [3.05, 3.63) is 36.4 Å². The van der Waals surface area contributed by atoms with E-state index in [-0.39, 0.29) is 12.0 Å². The standard InChI is InChI=1S/C15H19N5O2/c1-20-6-7-22-12(10-20)8-17-15(21)14-13(9-18-19-14)11-2-4-16-5-3-11/h2-5,9,12H,6-8,10H2,1H3,(H,17,21)(H,18,19). The van der Waals surface area contributed by atoms with E-state index in [0.717, 1.165) is 24.2 Å². The molecule has 116 valence electrons. The maximum Gasteiger partial charge on any atom is 0.270 e. The molecule has 1 fully saturated rings. The lowest BCUT2D eigenvalue weighted by Crippen LogP contribution is -2.46. The van der Waals surface area contributed by atoms with Gasteiger partial charge in [0.2, 0.25) is 0 Å². The zero-order valence-corrected chi connectivity index (χ0v) is 12.5. The van der Waals surface area contributed by atoms with Gasteiger partial charge in [-0.3, -0.25) is 14.9 Å². The molecule has 1 saturated heterocycles. The lowest BCUT2D eigenvalue weighted by Gasteiger charge is -2.30. The van der Waals surface area contributed by atoms with E-state index in [2.05, 4.69) is 25.4 Å². The number of aromatic amines is 1. The summed E-state index contributed by atoms with van der Waals surface area (Å²) >= 11 is 0. The van der Waals surface area contributed by atoms with E-state index >= 15 is 0 Å². The average molecular weight is 301 g/mol. The van der Waals surface area contributed by atoms with Crippen LogP contribution in [-0.4, -0.2) is 65.4 Å². The van der Waals surface area contributed by atoms with E-state index in [1.165, 1.54) is 0 Å². The summed E-state index contributed by atoms with van der Waals surface area (Å²) in [5.74, 6) is -0.180. The first-order chi connectivity index (χ1) is 10.7. The zero-order valence-electron chi connectivity index (χ0n) is 12.5. The number of carbonyl (C=O) groups excluding carboxylic acids is 1. The minimum absolute atomic E-state index is 0.0231. The van der Waals surface area contributed by atoms with Crippen LogP contribution in [0.3, 0.4) is 0 Å². The molecule has 1 aliphatic heterocycles. The summed E-state index contributed by atoms with van der Waals surface area (Å²) in [7, 11) is 2.05. The third-order valence-corrected chi connectivity index (χ3v) is 3.69. The molecule has 1 aliphatic rings. The molecule has 0 aromatic carbocycles. The van der Waals surface area contributed by atoms with E-state index in [4.69, 9.17) is 4.74 Å². The summed E-state index contributed by atoms with van der Waals surface area (Å²) in [5, 5.41) is 9.66. The summed E-state index contributed by atoms with van der Waals surface area (Å²) in [6, 6.07) is 3.70. The smallest absolute Gasteiger partial charge is 0.270 e. The van der Waals surface area contributed by atoms with E-state index in [1.54, 1.807) is 18.6 Å². The molecule has 7 heteroatoms. The highest BCUT2D eigenvalue weighted by Gasteiger charge is 2.20. The Morgan fingerprint density at radius 2 is 2.32 bits per heavy atom. The topological polar surface area (TPSA) is 83.1 Å². The number of morpholine rings is 1. The van der Waals surface area contributed by atoms with Crippen LogP contribution in [0.15, 0.2) is 30.7 Å². The quantitative estimate of drug-likeness (QED) is 0.861. The number of ether oxygens (including phenoxy) is 1. The number of rotatable bonds is 4. The number of nitrogens with one attached hydrogen (secondary N) is 2. The molecular weight excluding hydrogens is 282 g/mol. The van der Waals surface area contributed by atoms with Crippen molar-refractivity contribution in [3.8, 4) is 11.1 Å². The molecule has 1 amide bonds. The van der Waals surface area contributed by atoms with Gasteiger partial charge in [0.05, 0.1) is 18.9 Å². The second kappa shape index (κ2) is 6.67. The largest absolute Gasteiger partial charge is 0.374 e. The first-order valence-corrected chi connectivity index (χ1v) is 7.26. The number of pyridine rings is 1. The zero-order chi connectivity index (χ0) is 15.4. The maximum atomic E-state index is 12.4. The molecular formula is C15H19N5O2. The number of hydrogen-bond donors (Lipinski definition) is 2. The highest BCUT2D eigenvalue weighted by atomic mass is 16.5. The second-order valence-corrected chi connectivity index (χ2v) is 5.36. The van der Waals surface area contributed by atoms with Crippen LogP contribution in [0, 0.1) is 0 Å². The summed E-state index contributed by atoms with van der Waals surface area (Å²) in [6.07, 6.45) is 5.05. The van der Waals surface area contributed by atoms with Crippen LogP contribution in [0.1, 0.15) is 10.5 Å². The van der Waals surface area contributed by atoms with Crippen molar-refractivity contribution in [2.24, 2.45) is 0 Å². The van der Waals surface area contributed by atoms with Gasteiger partial charge in [0, 0.05) is 37.6 Å². The molecule has 1 unspecified atom stereocenters. The van der Waals surface area contributed by atoms with Crippen molar-refractivity contribution in [1.82, 2.24) is 25.4 Å². The van der Waals surface area contributed by atoms with Crippen LogP contribution < -0.4 is 5.32 Å². The van der Waals surface area contributed by atoms with E-state index in [9.17, 15) is 4.79 Å². The van der Waals surface area contributed by atoms with Gasteiger partial charge < -0.3 is 15.0 Å². The highest BCUT2D eigenvalue weighted by molar-refractivity contribution is 5.98. The van der Waals surface area contributed by atoms with Gasteiger partial charge in [-0.25, -0.2) is 0 Å². The van der Waals surface area contributed by atoms with Crippen LogP contribution in [0.5, 0.6) is 0 Å². The van der Waals surface area contributed by atoms with Gasteiger partial charge in [0.25, 0.3) is 5.91 Å². The third kappa shape index (κ3) is 3.32. The Morgan fingerprint density at radius 3 is 3.09 bits per heavy atom. The first kappa shape index (κ1) is 14.7. The minimum atomic E-state index is -0.180. The molecule has 0 spiro atoms. The van der Waals surface area contributed by atoms with Gasteiger partial charge in [0.1, 0.15) is 5.69 Å². The highest BCUT2D eigenvalue weighted by Crippen LogP contribution is 2.20.